The third kappa shape index (κ3) is 4.25. The number of amides is 2. The van der Waals surface area contributed by atoms with Gasteiger partial charge in [-0.2, -0.15) is 0 Å². The Kier molecular flexibility index (Phi) is 5.77. The number of hydrogen-bond acceptors (Lipinski definition) is 4. The van der Waals surface area contributed by atoms with Gasteiger partial charge in [0.25, 0.3) is 0 Å². The minimum Gasteiger partial charge on any atom is -0.460 e. The molecule has 0 spiro atoms. The quantitative estimate of drug-likeness (QED) is 0.696. The number of aromatic nitrogens is 1. The topological polar surface area (TPSA) is 91.5 Å². The molecule has 0 radical (unpaired) electrons. The van der Waals surface area contributed by atoms with Crippen molar-refractivity contribution >= 4 is 28.7 Å². The first-order valence-corrected chi connectivity index (χ1v) is 11.5. The summed E-state index contributed by atoms with van der Waals surface area (Å²) in [6, 6.07) is 6.64. The van der Waals surface area contributed by atoms with Crippen LogP contribution < -0.4 is 5.32 Å². The van der Waals surface area contributed by atoms with Crippen LogP contribution in [0.15, 0.2) is 24.3 Å². The van der Waals surface area contributed by atoms with Gasteiger partial charge < -0.3 is 19.9 Å². The van der Waals surface area contributed by atoms with Crippen LogP contribution in [0.4, 0.5) is 0 Å². The van der Waals surface area contributed by atoms with E-state index >= 15 is 0 Å². The maximum Gasteiger partial charge on any atom is 0.306 e. The summed E-state index contributed by atoms with van der Waals surface area (Å²) in [5.74, 6) is -0.287. The Bertz CT molecular complexity index is 1050. The van der Waals surface area contributed by atoms with E-state index in [2.05, 4.69) is 30.2 Å². The zero-order chi connectivity index (χ0) is 23.2. The zero-order valence-corrected chi connectivity index (χ0v) is 19.5. The molecule has 0 saturated carbocycles. The SMILES string of the molecule is CC(C)C[C@H]1c2[nH]c3ccccc3c2C[C@H]2C(=O)N[C@@H](CCC(=O)OC(C)(C)C)C(=O)N21. The Labute approximate surface area is 188 Å². The van der Waals surface area contributed by atoms with E-state index in [9.17, 15) is 14.4 Å². The van der Waals surface area contributed by atoms with E-state index < -0.39 is 17.7 Å². The molecule has 1 aromatic carbocycles. The highest BCUT2D eigenvalue weighted by Gasteiger charge is 2.48. The maximum absolute atomic E-state index is 13.6. The lowest BCUT2D eigenvalue weighted by Crippen LogP contribution is -2.66. The first-order valence-electron chi connectivity index (χ1n) is 11.5. The van der Waals surface area contributed by atoms with E-state index in [1.807, 2.05) is 39.0 Å². The van der Waals surface area contributed by atoms with Gasteiger partial charge in [0.15, 0.2) is 0 Å². The van der Waals surface area contributed by atoms with E-state index in [1.165, 1.54) is 0 Å². The molecule has 3 heterocycles. The van der Waals surface area contributed by atoms with Gasteiger partial charge >= 0.3 is 5.97 Å². The highest BCUT2D eigenvalue weighted by atomic mass is 16.6. The predicted molar refractivity (Wildman–Crippen MR) is 122 cm³/mol. The van der Waals surface area contributed by atoms with Gasteiger partial charge in [-0.15, -0.1) is 0 Å². The summed E-state index contributed by atoms with van der Waals surface area (Å²) < 4.78 is 5.37. The largest absolute Gasteiger partial charge is 0.460 e. The van der Waals surface area contributed by atoms with Crippen molar-refractivity contribution in [2.45, 2.75) is 84.0 Å². The van der Waals surface area contributed by atoms with E-state index in [0.29, 0.717) is 12.3 Å². The lowest BCUT2D eigenvalue weighted by atomic mass is 9.85. The number of nitrogens with zero attached hydrogens (tertiary/aromatic N) is 1. The maximum atomic E-state index is 13.6. The number of benzene rings is 1. The predicted octanol–water partition coefficient (Wildman–Crippen LogP) is 3.63. The van der Waals surface area contributed by atoms with E-state index in [4.69, 9.17) is 4.74 Å². The van der Waals surface area contributed by atoms with E-state index in [1.54, 1.807) is 4.90 Å². The number of H-pyrrole nitrogens is 1. The smallest absolute Gasteiger partial charge is 0.306 e. The van der Waals surface area contributed by atoms with Gasteiger partial charge in [-0.05, 0) is 51.2 Å². The van der Waals surface area contributed by atoms with Gasteiger partial charge in [0.2, 0.25) is 11.8 Å². The molecule has 1 aromatic heterocycles. The Hall–Kier alpha value is -2.83. The summed E-state index contributed by atoms with van der Waals surface area (Å²) in [6.45, 7) is 9.68. The molecular formula is C25H33N3O4. The Morgan fingerprint density at radius 2 is 1.94 bits per heavy atom. The number of aromatic amines is 1. The molecule has 4 rings (SSSR count). The normalized spacial score (nSPS) is 23.2. The molecule has 0 aliphatic carbocycles. The number of hydrogen-bond donors (Lipinski definition) is 2. The fourth-order valence-corrected chi connectivity index (χ4v) is 4.94. The minimum atomic E-state index is -0.716. The van der Waals surface area contributed by atoms with Crippen LogP contribution in [0.5, 0.6) is 0 Å². The fraction of sp³-hybridized carbons (Fsp3) is 0.560. The second-order valence-corrected chi connectivity index (χ2v) is 10.4. The monoisotopic (exact) mass is 439 g/mol. The Morgan fingerprint density at radius 1 is 1.22 bits per heavy atom. The molecule has 7 nitrogen and oxygen atoms in total. The molecule has 2 N–H and O–H groups in total. The van der Waals surface area contributed by atoms with Gasteiger partial charge in [0.1, 0.15) is 17.7 Å². The Morgan fingerprint density at radius 3 is 2.62 bits per heavy atom. The average molecular weight is 440 g/mol. The number of ether oxygens (including phenoxy) is 1. The number of rotatable bonds is 5. The number of nitrogens with one attached hydrogen (secondary N) is 2. The number of fused-ring (bicyclic) bond motifs is 4. The summed E-state index contributed by atoms with van der Waals surface area (Å²) in [5, 5.41) is 3.99. The molecule has 2 aliphatic heterocycles. The van der Waals surface area contributed by atoms with Crippen LogP contribution in [-0.4, -0.2) is 45.4 Å². The molecule has 0 bridgehead atoms. The van der Waals surface area contributed by atoms with Crippen LogP contribution in [-0.2, 0) is 25.5 Å². The van der Waals surface area contributed by atoms with Gasteiger partial charge in [0.05, 0.1) is 6.04 Å². The number of carbonyl (C=O) groups excluding carboxylic acids is 3. The van der Waals surface area contributed by atoms with Gasteiger partial charge in [0, 0.05) is 29.4 Å². The van der Waals surface area contributed by atoms with Crippen molar-refractivity contribution in [1.82, 2.24) is 15.2 Å². The standard InChI is InChI=1S/C25H33N3O4/c1-14(2)12-19-22-16(15-8-6-7-9-17(15)26-22)13-20-23(30)27-18(24(31)28(19)20)10-11-21(29)32-25(3,4)5/h6-9,14,18-20,26H,10-13H2,1-5H3,(H,27,30)/t18-,19-,20-/m0/s1. The summed E-state index contributed by atoms with van der Waals surface area (Å²) in [7, 11) is 0. The van der Waals surface area contributed by atoms with E-state index in [-0.39, 0.29) is 36.7 Å². The Balaban J connectivity index is 1.63. The first-order chi connectivity index (χ1) is 15.0. The highest BCUT2D eigenvalue weighted by Crippen LogP contribution is 2.41. The van der Waals surface area contributed by atoms with Crippen molar-refractivity contribution < 1.29 is 19.1 Å². The van der Waals surface area contributed by atoms with Gasteiger partial charge in [-0.1, -0.05) is 32.0 Å². The molecule has 0 unspecified atom stereocenters. The van der Waals surface area contributed by atoms with Gasteiger partial charge in [-0.3, -0.25) is 14.4 Å². The number of piperazine rings is 1. The molecule has 2 aliphatic rings. The molecule has 2 amide bonds. The van der Waals surface area contributed by atoms with Crippen molar-refractivity contribution in [3.8, 4) is 0 Å². The first kappa shape index (κ1) is 22.4. The summed E-state index contributed by atoms with van der Waals surface area (Å²) in [6.07, 6.45) is 1.56. The highest BCUT2D eigenvalue weighted by molar-refractivity contribution is 5.99. The molecular weight excluding hydrogens is 406 g/mol. The van der Waals surface area contributed by atoms with Crippen LogP contribution in [0.1, 0.15) is 71.2 Å². The minimum absolute atomic E-state index is 0.0823. The van der Waals surface area contributed by atoms with Crippen LogP contribution in [0.3, 0.4) is 0 Å². The van der Waals surface area contributed by atoms with Crippen molar-refractivity contribution in [1.29, 1.82) is 0 Å². The molecule has 7 heteroatoms. The number of esters is 1. The summed E-state index contributed by atoms with van der Waals surface area (Å²) >= 11 is 0. The van der Waals surface area contributed by atoms with Gasteiger partial charge in [-0.25, -0.2) is 0 Å². The third-order valence-electron chi connectivity index (χ3n) is 6.17. The van der Waals surface area contributed by atoms with Crippen LogP contribution in [0.2, 0.25) is 0 Å². The lowest BCUT2D eigenvalue weighted by Gasteiger charge is -2.46. The molecule has 1 saturated heterocycles. The molecule has 172 valence electrons. The van der Waals surface area contributed by atoms with Crippen molar-refractivity contribution in [3.05, 3.63) is 35.5 Å². The van der Waals surface area contributed by atoms with Crippen LogP contribution in [0.25, 0.3) is 10.9 Å². The second-order valence-electron chi connectivity index (χ2n) is 10.4. The van der Waals surface area contributed by atoms with Crippen molar-refractivity contribution in [2.75, 3.05) is 0 Å². The molecule has 2 aromatic rings. The molecule has 32 heavy (non-hydrogen) atoms. The second kappa shape index (κ2) is 8.26. The summed E-state index contributed by atoms with van der Waals surface area (Å²) in [4.78, 5) is 44.2. The molecule has 1 fully saturated rings. The molecule has 3 atom stereocenters. The van der Waals surface area contributed by atoms with Crippen molar-refractivity contribution in [3.63, 3.8) is 0 Å². The van der Waals surface area contributed by atoms with Crippen LogP contribution >= 0.6 is 0 Å². The summed E-state index contributed by atoms with van der Waals surface area (Å²) in [5.41, 5.74) is 2.61. The zero-order valence-electron chi connectivity index (χ0n) is 19.5. The lowest BCUT2D eigenvalue weighted by molar-refractivity contribution is -0.157. The third-order valence-corrected chi connectivity index (χ3v) is 6.17. The number of carbonyl (C=O) groups is 3. The fourth-order valence-electron chi connectivity index (χ4n) is 4.94. The van der Waals surface area contributed by atoms with E-state index in [0.717, 1.165) is 28.6 Å². The van der Waals surface area contributed by atoms with Crippen LogP contribution in [0, 0.1) is 5.92 Å². The number of para-hydroxylation sites is 1. The average Bonchev–Trinajstić information content (AvgIpc) is 3.06. The van der Waals surface area contributed by atoms with Crippen molar-refractivity contribution in [2.24, 2.45) is 5.92 Å².